The first-order valence-corrected chi connectivity index (χ1v) is 9.18. The van der Waals surface area contributed by atoms with Crippen molar-refractivity contribution in [2.75, 3.05) is 27.4 Å². The Morgan fingerprint density at radius 3 is 2.61 bits per heavy atom. The fourth-order valence-corrected chi connectivity index (χ4v) is 3.44. The van der Waals surface area contributed by atoms with E-state index in [0.29, 0.717) is 31.1 Å². The molecule has 1 aliphatic heterocycles. The van der Waals surface area contributed by atoms with E-state index in [2.05, 4.69) is 10.3 Å². The molecule has 6 nitrogen and oxygen atoms in total. The lowest BCUT2D eigenvalue weighted by molar-refractivity contribution is -0.119. The first-order valence-electron chi connectivity index (χ1n) is 9.18. The van der Waals surface area contributed by atoms with Crippen LogP contribution in [0.1, 0.15) is 6.42 Å². The van der Waals surface area contributed by atoms with Crippen LogP contribution in [0.15, 0.2) is 48.7 Å². The van der Waals surface area contributed by atoms with Crippen molar-refractivity contribution in [1.82, 2.24) is 10.3 Å². The predicted octanol–water partition coefficient (Wildman–Crippen LogP) is 3.43. The first kappa shape index (κ1) is 18.1. The molecule has 2 aromatic carbocycles. The second kappa shape index (κ2) is 7.76. The number of hydrogen-bond acceptors (Lipinski definition) is 5. The summed E-state index contributed by atoms with van der Waals surface area (Å²) in [6, 6.07) is 13.7. The zero-order valence-corrected chi connectivity index (χ0v) is 15.9. The standard InChI is InChI=1S/C22H22N2O4/c1-26-19-6-5-15(10-21(19)27-2)16-9-18-17(4-3-7-23-18)20(11-16)28-13-14-8-22(25)24-12-14/h3-7,9-11,14H,8,12-13H2,1-2H3,(H,24,25). The third-order valence-electron chi connectivity index (χ3n) is 4.94. The highest BCUT2D eigenvalue weighted by Crippen LogP contribution is 2.36. The van der Waals surface area contributed by atoms with Crippen molar-refractivity contribution in [2.24, 2.45) is 5.92 Å². The highest BCUT2D eigenvalue weighted by atomic mass is 16.5. The Kier molecular flexibility index (Phi) is 5.02. The van der Waals surface area contributed by atoms with E-state index in [9.17, 15) is 4.79 Å². The van der Waals surface area contributed by atoms with Crippen LogP contribution in [-0.4, -0.2) is 38.3 Å². The Morgan fingerprint density at radius 2 is 1.86 bits per heavy atom. The van der Waals surface area contributed by atoms with Crippen molar-refractivity contribution in [3.8, 4) is 28.4 Å². The van der Waals surface area contributed by atoms with Gasteiger partial charge < -0.3 is 19.5 Å². The van der Waals surface area contributed by atoms with E-state index in [-0.39, 0.29) is 11.8 Å². The Labute approximate surface area is 163 Å². The molecule has 0 spiro atoms. The Balaban J connectivity index is 1.70. The number of nitrogens with one attached hydrogen (secondary N) is 1. The molecule has 3 aromatic rings. The van der Waals surface area contributed by atoms with Gasteiger partial charge in [-0.15, -0.1) is 0 Å². The molecule has 4 rings (SSSR count). The van der Waals surface area contributed by atoms with E-state index in [4.69, 9.17) is 14.2 Å². The number of ether oxygens (including phenoxy) is 3. The number of carbonyl (C=O) groups excluding carboxylic acids is 1. The van der Waals surface area contributed by atoms with Gasteiger partial charge in [0.25, 0.3) is 0 Å². The van der Waals surface area contributed by atoms with E-state index in [1.165, 1.54) is 0 Å². The third kappa shape index (κ3) is 3.58. The zero-order chi connectivity index (χ0) is 19.5. The number of amides is 1. The van der Waals surface area contributed by atoms with E-state index < -0.39 is 0 Å². The molecule has 0 saturated carbocycles. The van der Waals surface area contributed by atoms with Crippen molar-refractivity contribution in [1.29, 1.82) is 0 Å². The molecule has 1 aliphatic rings. The van der Waals surface area contributed by atoms with Crippen molar-refractivity contribution in [2.45, 2.75) is 6.42 Å². The van der Waals surface area contributed by atoms with Gasteiger partial charge in [0.05, 0.1) is 26.3 Å². The minimum Gasteiger partial charge on any atom is -0.493 e. The highest BCUT2D eigenvalue weighted by molar-refractivity contribution is 5.90. The molecule has 0 aliphatic carbocycles. The topological polar surface area (TPSA) is 69.7 Å². The number of pyridine rings is 1. The Morgan fingerprint density at radius 1 is 1.04 bits per heavy atom. The fourth-order valence-electron chi connectivity index (χ4n) is 3.44. The molecule has 2 heterocycles. The molecule has 6 heteroatoms. The van der Waals surface area contributed by atoms with E-state index in [1.807, 2.05) is 42.5 Å². The summed E-state index contributed by atoms with van der Waals surface area (Å²) in [5.74, 6) is 2.37. The molecule has 28 heavy (non-hydrogen) atoms. The molecule has 0 radical (unpaired) electrons. The number of carbonyl (C=O) groups is 1. The molecular formula is C22H22N2O4. The monoisotopic (exact) mass is 378 g/mol. The van der Waals surface area contributed by atoms with Gasteiger partial charge in [0, 0.05) is 30.5 Å². The number of benzene rings is 2. The second-order valence-corrected chi connectivity index (χ2v) is 6.80. The van der Waals surface area contributed by atoms with Gasteiger partial charge in [0.15, 0.2) is 11.5 Å². The van der Waals surface area contributed by atoms with Crippen LogP contribution in [0.5, 0.6) is 17.2 Å². The molecule has 1 saturated heterocycles. The van der Waals surface area contributed by atoms with Crippen molar-refractivity contribution >= 4 is 16.8 Å². The Bertz CT molecular complexity index is 1020. The number of hydrogen-bond donors (Lipinski definition) is 1. The summed E-state index contributed by atoms with van der Waals surface area (Å²) in [6.45, 7) is 1.14. The van der Waals surface area contributed by atoms with Crippen LogP contribution >= 0.6 is 0 Å². The van der Waals surface area contributed by atoms with Crippen LogP contribution in [0.2, 0.25) is 0 Å². The maximum atomic E-state index is 11.4. The summed E-state index contributed by atoms with van der Waals surface area (Å²) in [5, 5.41) is 3.79. The molecule has 1 aromatic heterocycles. The number of rotatable bonds is 6. The number of fused-ring (bicyclic) bond motifs is 1. The molecule has 1 N–H and O–H groups in total. The van der Waals surface area contributed by atoms with Crippen molar-refractivity contribution < 1.29 is 19.0 Å². The lowest BCUT2D eigenvalue weighted by atomic mass is 10.0. The smallest absolute Gasteiger partial charge is 0.220 e. The minimum atomic E-state index is 0.0826. The summed E-state index contributed by atoms with van der Waals surface area (Å²) < 4.78 is 16.9. The summed E-state index contributed by atoms with van der Waals surface area (Å²) in [7, 11) is 3.24. The summed E-state index contributed by atoms with van der Waals surface area (Å²) in [6.07, 6.45) is 2.27. The lowest BCUT2D eigenvalue weighted by Gasteiger charge is -2.15. The van der Waals surface area contributed by atoms with Gasteiger partial charge in [-0.1, -0.05) is 6.07 Å². The molecule has 1 unspecified atom stereocenters. The summed E-state index contributed by atoms with van der Waals surface area (Å²) in [4.78, 5) is 15.9. The average molecular weight is 378 g/mol. The van der Waals surface area contributed by atoms with Crippen LogP contribution in [0.25, 0.3) is 22.0 Å². The molecule has 1 atom stereocenters. The number of nitrogens with zero attached hydrogens (tertiary/aromatic N) is 1. The van der Waals surface area contributed by atoms with Crippen molar-refractivity contribution in [3.63, 3.8) is 0 Å². The second-order valence-electron chi connectivity index (χ2n) is 6.80. The van der Waals surface area contributed by atoms with Gasteiger partial charge in [0.2, 0.25) is 5.91 Å². The fraction of sp³-hybridized carbons (Fsp3) is 0.273. The number of methoxy groups -OCH3 is 2. The van der Waals surface area contributed by atoms with Gasteiger partial charge in [-0.05, 0) is 47.5 Å². The summed E-state index contributed by atoms with van der Waals surface area (Å²) >= 11 is 0. The largest absolute Gasteiger partial charge is 0.493 e. The SMILES string of the molecule is COc1ccc(-c2cc(OCC3CNC(=O)C3)c3cccnc3c2)cc1OC. The van der Waals surface area contributed by atoms with Gasteiger partial charge >= 0.3 is 0 Å². The van der Waals surface area contributed by atoms with E-state index in [1.54, 1.807) is 20.4 Å². The van der Waals surface area contributed by atoms with Crippen LogP contribution in [-0.2, 0) is 4.79 Å². The van der Waals surface area contributed by atoms with Crippen LogP contribution in [0, 0.1) is 5.92 Å². The van der Waals surface area contributed by atoms with Crippen LogP contribution in [0.3, 0.4) is 0 Å². The zero-order valence-electron chi connectivity index (χ0n) is 15.9. The molecule has 1 amide bonds. The van der Waals surface area contributed by atoms with E-state index in [0.717, 1.165) is 27.8 Å². The van der Waals surface area contributed by atoms with Gasteiger partial charge in [-0.2, -0.15) is 0 Å². The average Bonchev–Trinajstić information content (AvgIpc) is 3.16. The van der Waals surface area contributed by atoms with E-state index >= 15 is 0 Å². The lowest BCUT2D eigenvalue weighted by Crippen LogP contribution is -2.16. The molecular weight excluding hydrogens is 356 g/mol. The maximum Gasteiger partial charge on any atom is 0.220 e. The first-order chi connectivity index (χ1) is 13.7. The molecule has 144 valence electrons. The van der Waals surface area contributed by atoms with Gasteiger partial charge in [-0.3, -0.25) is 9.78 Å². The third-order valence-corrected chi connectivity index (χ3v) is 4.94. The van der Waals surface area contributed by atoms with Gasteiger partial charge in [0.1, 0.15) is 5.75 Å². The van der Waals surface area contributed by atoms with Gasteiger partial charge in [-0.25, -0.2) is 0 Å². The molecule has 0 bridgehead atoms. The Hall–Kier alpha value is -3.28. The predicted molar refractivity (Wildman–Crippen MR) is 107 cm³/mol. The minimum absolute atomic E-state index is 0.0826. The quantitative estimate of drug-likeness (QED) is 0.712. The summed E-state index contributed by atoms with van der Waals surface area (Å²) in [5.41, 5.74) is 2.81. The molecule has 1 fully saturated rings. The van der Waals surface area contributed by atoms with Crippen LogP contribution < -0.4 is 19.5 Å². The van der Waals surface area contributed by atoms with Crippen molar-refractivity contribution in [3.05, 3.63) is 48.7 Å². The normalized spacial score (nSPS) is 16.1. The van der Waals surface area contributed by atoms with Crippen LogP contribution in [0.4, 0.5) is 0 Å². The highest BCUT2D eigenvalue weighted by Gasteiger charge is 2.22. The maximum absolute atomic E-state index is 11.4. The number of aromatic nitrogens is 1.